The molecule has 25 heavy (non-hydrogen) atoms. The number of unbranched alkanes of at least 4 members (excludes halogenated alkanes) is 8. The largest absolute Gasteiger partial charge is 0.107 e. The van der Waals surface area contributed by atoms with Gasteiger partial charge in [0.25, 0.3) is 0 Å². The van der Waals surface area contributed by atoms with Crippen LogP contribution in [0.15, 0.2) is 48.5 Å². The van der Waals surface area contributed by atoms with E-state index in [-0.39, 0.29) is 0 Å². The van der Waals surface area contributed by atoms with Gasteiger partial charge < -0.3 is 0 Å². The van der Waals surface area contributed by atoms with Crippen molar-refractivity contribution in [3.8, 4) is 11.1 Å². The summed E-state index contributed by atoms with van der Waals surface area (Å²) in [7, 11) is -1.17. The minimum absolute atomic E-state index is 1.17. The Morgan fingerprint density at radius 2 is 1.04 bits per heavy atom. The maximum atomic E-state index is 2.57. The van der Waals surface area contributed by atoms with Crippen molar-refractivity contribution in [3.05, 3.63) is 48.5 Å². The standard InChI is InChI=1S/C24H34P/c1-3-4-5-6-7-8-9-10-15-20-25(2)23-18-13-11-16-21(23)22-17-12-14-19-24(22)25/h11-14,16-19H,3-10,15,20H2,1-2H3/q+1. The van der Waals surface area contributed by atoms with Crippen LogP contribution in [0.3, 0.4) is 0 Å². The summed E-state index contributed by atoms with van der Waals surface area (Å²) in [6.07, 6.45) is 14.1. The molecule has 0 amide bonds. The van der Waals surface area contributed by atoms with Crippen LogP contribution in [-0.4, -0.2) is 12.8 Å². The summed E-state index contributed by atoms with van der Waals surface area (Å²) < 4.78 is 0. The van der Waals surface area contributed by atoms with E-state index in [1.807, 2.05) is 0 Å². The molecule has 0 fully saturated rings. The van der Waals surface area contributed by atoms with Gasteiger partial charge in [-0.25, -0.2) is 0 Å². The first kappa shape index (κ1) is 18.7. The van der Waals surface area contributed by atoms with Crippen molar-refractivity contribution in [2.45, 2.75) is 64.7 Å². The lowest BCUT2D eigenvalue weighted by atomic mass is 10.1. The quantitative estimate of drug-likeness (QED) is 0.325. The van der Waals surface area contributed by atoms with Gasteiger partial charge in [0.1, 0.15) is 10.6 Å². The Morgan fingerprint density at radius 1 is 0.600 bits per heavy atom. The topological polar surface area (TPSA) is 0 Å². The SMILES string of the molecule is CCCCCCCCCCC[P+]1(C)c2ccccc2-c2ccccc21. The molecule has 0 N–H and O–H groups in total. The smallest absolute Gasteiger partial charge is 0.0654 e. The predicted octanol–water partition coefficient (Wildman–Crippen LogP) is 6.80. The van der Waals surface area contributed by atoms with Gasteiger partial charge in [0.15, 0.2) is 0 Å². The van der Waals surface area contributed by atoms with Gasteiger partial charge in [-0.05, 0) is 25.0 Å². The number of rotatable bonds is 10. The van der Waals surface area contributed by atoms with Crippen molar-refractivity contribution in [2.24, 2.45) is 0 Å². The molecule has 0 aliphatic carbocycles. The summed E-state index contributed by atoms with van der Waals surface area (Å²) in [6.45, 7) is 4.87. The van der Waals surface area contributed by atoms with E-state index < -0.39 is 7.26 Å². The zero-order valence-electron chi connectivity index (χ0n) is 16.1. The molecule has 0 spiro atoms. The van der Waals surface area contributed by atoms with E-state index in [4.69, 9.17) is 0 Å². The molecular weight excluding hydrogens is 319 g/mol. The molecule has 0 saturated heterocycles. The zero-order chi connectivity index (χ0) is 17.5. The van der Waals surface area contributed by atoms with Crippen LogP contribution < -0.4 is 10.6 Å². The molecule has 0 saturated carbocycles. The van der Waals surface area contributed by atoms with Crippen LogP contribution in [0.4, 0.5) is 0 Å². The van der Waals surface area contributed by atoms with Crippen LogP contribution in [-0.2, 0) is 0 Å². The van der Waals surface area contributed by atoms with Gasteiger partial charge in [-0.15, -0.1) is 0 Å². The number of hydrogen-bond acceptors (Lipinski definition) is 0. The van der Waals surface area contributed by atoms with E-state index >= 15 is 0 Å². The molecule has 0 nitrogen and oxygen atoms in total. The fourth-order valence-corrected chi connectivity index (χ4v) is 8.25. The van der Waals surface area contributed by atoms with Crippen LogP contribution in [0.1, 0.15) is 64.7 Å². The van der Waals surface area contributed by atoms with Crippen LogP contribution in [0.5, 0.6) is 0 Å². The second-order valence-corrected chi connectivity index (χ2v) is 11.6. The lowest BCUT2D eigenvalue weighted by Crippen LogP contribution is -2.19. The second-order valence-electron chi connectivity index (χ2n) is 7.78. The van der Waals surface area contributed by atoms with Crippen molar-refractivity contribution in [2.75, 3.05) is 12.8 Å². The van der Waals surface area contributed by atoms with Crippen LogP contribution in [0.25, 0.3) is 11.1 Å². The fourth-order valence-electron chi connectivity index (χ4n) is 4.37. The molecule has 134 valence electrons. The van der Waals surface area contributed by atoms with Gasteiger partial charge in [-0.3, -0.25) is 0 Å². The predicted molar refractivity (Wildman–Crippen MR) is 116 cm³/mol. The minimum Gasteiger partial charge on any atom is -0.0654 e. The lowest BCUT2D eigenvalue weighted by Gasteiger charge is -2.19. The molecule has 0 radical (unpaired) electrons. The summed E-state index contributed by atoms with van der Waals surface area (Å²) >= 11 is 0. The first-order valence-electron chi connectivity index (χ1n) is 10.3. The number of hydrogen-bond donors (Lipinski definition) is 0. The molecule has 0 atom stereocenters. The average molecular weight is 354 g/mol. The Labute approximate surface area is 155 Å². The van der Waals surface area contributed by atoms with E-state index in [0.29, 0.717) is 0 Å². The molecule has 2 aromatic carbocycles. The Hall–Kier alpha value is -1.13. The monoisotopic (exact) mass is 353 g/mol. The van der Waals surface area contributed by atoms with Crippen molar-refractivity contribution in [3.63, 3.8) is 0 Å². The average Bonchev–Trinajstić information content (AvgIpc) is 2.91. The molecule has 0 aromatic heterocycles. The van der Waals surface area contributed by atoms with Crippen molar-refractivity contribution >= 4 is 17.9 Å². The van der Waals surface area contributed by atoms with Gasteiger partial charge in [0, 0.05) is 11.1 Å². The van der Waals surface area contributed by atoms with Gasteiger partial charge >= 0.3 is 0 Å². The summed E-state index contributed by atoms with van der Waals surface area (Å²) in [5.41, 5.74) is 3.01. The summed E-state index contributed by atoms with van der Waals surface area (Å²) in [6, 6.07) is 18.3. The summed E-state index contributed by atoms with van der Waals surface area (Å²) in [4.78, 5) is 0. The molecule has 0 bridgehead atoms. The van der Waals surface area contributed by atoms with Gasteiger partial charge in [-0.1, -0.05) is 88.3 Å². The Bertz CT molecular complexity index is 628. The third kappa shape index (κ3) is 4.17. The third-order valence-electron chi connectivity index (χ3n) is 5.87. The van der Waals surface area contributed by atoms with E-state index in [1.165, 1.54) is 75.1 Å². The second kappa shape index (κ2) is 9.00. The molecule has 3 rings (SSSR count). The van der Waals surface area contributed by atoms with E-state index in [0.717, 1.165) is 0 Å². The van der Waals surface area contributed by atoms with Gasteiger partial charge in [0.05, 0.1) is 20.1 Å². The van der Waals surface area contributed by atoms with Crippen LogP contribution in [0.2, 0.25) is 0 Å². The molecule has 1 aliphatic rings. The highest BCUT2D eigenvalue weighted by molar-refractivity contribution is 7.90. The van der Waals surface area contributed by atoms with Crippen molar-refractivity contribution < 1.29 is 0 Å². The highest BCUT2D eigenvalue weighted by Gasteiger charge is 2.46. The molecule has 1 aliphatic heterocycles. The Kier molecular flexibility index (Phi) is 6.71. The maximum Gasteiger partial charge on any atom is 0.107 e. The zero-order valence-corrected chi connectivity index (χ0v) is 17.0. The van der Waals surface area contributed by atoms with E-state index in [2.05, 4.69) is 62.1 Å². The minimum atomic E-state index is -1.17. The summed E-state index contributed by atoms with van der Waals surface area (Å²) in [5.74, 6) is 0. The maximum absolute atomic E-state index is 2.57. The molecule has 0 unspecified atom stereocenters. The molecule has 2 aromatic rings. The first-order valence-corrected chi connectivity index (χ1v) is 12.7. The third-order valence-corrected chi connectivity index (χ3v) is 9.99. The van der Waals surface area contributed by atoms with Crippen LogP contribution in [0, 0.1) is 0 Å². The van der Waals surface area contributed by atoms with Crippen LogP contribution >= 0.6 is 7.26 Å². The number of fused-ring (bicyclic) bond motifs is 3. The van der Waals surface area contributed by atoms with Crippen molar-refractivity contribution in [1.82, 2.24) is 0 Å². The fraction of sp³-hybridized carbons (Fsp3) is 0.500. The summed E-state index contributed by atoms with van der Waals surface area (Å²) in [5, 5.41) is 3.30. The lowest BCUT2D eigenvalue weighted by molar-refractivity contribution is 0.573. The molecular formula is C24H34P+. The highest BCUT2D eigenvalue weighted by atomic mass is 31.2. The highest BCUT2D eigenvalue weighted by Crippen LogP contribution is 2.60. The van der Waals surface area contributed by atoms with E-state index in [9.17, 15) is 0 Å². The van der Waals surface area contributed by atoms with E-state index in [1.54, 1.807) is 10.6 Å². The first-order chi connectivity index (χ1) is 12.3. The number of benzene rings is 2. The normalized spacial score (nSPS) is 14.3. The molecule has 1 heteroatoms. The van der Waals surface area contributed by atoms with Crippen molar-refractivity contribution in [1.29, 1.82) is 0 Å². The van der Waals surface area contributed by atoms with Gasteiger partial charge in [-0.2, -0.15) is 0 Å². The van der Waals surface area contributed by atoms with Gasteiger partial charge in [0.2, 0.25) is 0 Å². The molecule has 1 heterocycles. The Balaban J connectivity index is 1.54. The Morgan fingerprint density at radius 3 is 1.56 bits per heavy atom.